The van der Waals surface area contributed by atoms with Gasteiger partial charge in [0.25, 0.3) is 0 Å². The summed E-state index contributed by atoms with van der Waals surface area (Å²) in [5.41, 5.74) is 2.13. The summed E-state index contributed by atoms with van der Waals surface area (Å²) in [6.07, 6.45) is 0.983. The summed E-state index contributed by atoms with van der Waals surface area (Å²) in [5.74, 6) is -1.21. The maximum atomic E-state index is 10.8. The van der Waals surface area contributed by atoms with E-state index in [-0.39, 0.29) is 0 Å². The van der Waals surface area contributed by atoms with Crippen LogP contribution in [0.3, 0.4) is 0 Å². The first-order valence-electron chi connectivity index (χ1n) is 7.54. The molecule has 0 spiro atoms. The van der Waals surface area contributed by atoms with E-state index in [0.717, 1.165) is 29.5 Å². The largest absolute Gasteiger partial charge is 0.361 e. The summed E-state index contributed by atoms with van der Waals surface area (Å²) in [4.78, 5) is 2.26. The third-order valence-electron chi connectivity index (χ3n) is 4.04. The normalized spacial score (nSPS) is 22.6. The molecule has 22 heavy (non-hydrogen) atoms. The molecule has 0 radical (unpaired) electrons. The fourth-order valence-corrected chi connectivity index (χ4v) is 3.04. The molecule has 2 aromatic carbocycles. The minimum atomic E-state index is -1.21. The van der Waals surface area contributed by atoms with Crippen LogP contribution < -0.4 is 0 Å². The van der Waals surface area contributed by atoms with Crippen LogP contribution in [0.2, 0.25) is 0 Å². The molecule has 3 rings (SSSR count). The lowest BCUT2D eigenvalue weighted by molar-refractivity contribution is -0.247. The van der Waals surface area contributed by atoms with Crippen molar-refractivity contribution in [2.24, 2.45) is 0 Å². The Morgan fingerprint density at radius 2 is 1.82 bits per heavy atom. The molecule has 1 N–H and O–H groups in total. The lowest BCUT2D eigenvalue weighted by Crippen LogP contribution is -2.50. The number of β-amino-alcohol motifs (C(OH)–C–C–N with tert-alkyl or cyclic N) is 1. The fourth-order valence-electron chi connectivity index (χ4n) is 2.78. The van der Waals surface area contributed by atoms with Crippen molar-refractivity contribution in [3.8, 4) is 0 Å². The van der Waals surface area contributed by atoms with Gasteiger partial charge in [-0.05, 0) is 24.1 Å². The molecule has 0 saturated carbocycles. The van der Waals surface area contributed by atoms with E-state index in [1.165, 1.54) is 5.56 Å². The monoisotopic (exact) mass is 361 g/mol. The zero-order valence-corrected chi connectivity index (χ0v) is 14.0. The Hall–Kier alpha value is -1.20. The molecular formula is C18H20BrNO2. The molecule has 0 aromatic heterocycles. The van der Waals surface area contributed by atoms with Crippen molar-refractivity contribution < 1.29 is 9.84 Å². The van der Waals surface area contributed by atoms with Gasteiger partial charge in [0.2, 0.25) is 5.79 Å². The van der Waals surface area contributed by atoms with Gasteiger partial charge in [0.1, 0.15) is 0 Å². The Labute approximate surface area is 139 Å². The molecule has 1 atom stereocenters. The molecule has 0 amide bonds. The zero-order valence-electron chi connectivity index (χ0n) is 12.4. The first-order valence-corrected chi connectivity index (χ1v) is 8.34. The van der Waals surface area contributed by atoms with E-state index in [4.69, 9.17) is 4.74 Å². The highest BCUT2D eigenvalue weighted by Gasteiger charge is 2.36. The third kappa shape index (κ3) is 3.76. The van der Waals surface area contributed by atoms with E-state index in [1.807, 2.05) is 30.3 Å². The van der Waals surface area contributed by atoms with Crippen LogP contribution in [-0.4, -0.2) is 36.2 Å². The number of hydrogen-bond acceptors (Lipinski definition) is 3. The lowest BCUT2D eigenvalue weighted by atomic mass is 10.0. The van der Waals surface area contributed by atoms with Gasteiger partial charge in [0, 0.05) is 23.1 Å². The maximum absolute atomic E-state index is 10.8. The Morgan fingerprint density at radius 1 is 1.09 bits per heavy atom. The molecule has 1 heterocycles. The number of hydrogen-bond donors (Lipinski definition) is 1. The van der Waals surface area contributed by atoms with Gasteiger partial charge in [-0.25, -0.2) is 0 Å². The van der Waals surface area contributed by atoms with Crippen LogP contribution in [0.5, 0.6) is 0 Å². The molecule has 1 aliphatic rings. The molecule has 1 aliphatic heterocycles. The van der Waals surface area contributed by atoms with E-state index in [9.17, 15) is 5.11 Å². The Bertz CT molecular complexity index is 602. The van der Waals surface area contributed by atoms with Crippen molar-refractivity contribution in [1.29, 1.82) is 0 Å². The van der Waals surface area contributed by atoms with Gasteiger partial charge in [0.05, 0.1) is 13.2 Å². The standard InChI is InChI=1S/C18H20BrNO2/c19-17-8-6-16(7-9-17)18(21)14-20(12-13-22-18)11-10-15-4-2-1-3-5-15/h1-9,21H,10-14H2. The second-order valence-electron chi connectivity index (χ2n) is 5.65. The van der Waals surface area contributed by atoms with Crippen molar-refractivity contribution in [2.45, 2.75) is 12.2 Å². The fraction of sp³-hybridized carbons (Fsp3) is 0.333. The van der Waals surface area contributed by atoms with Gasteiger partial charge in [-0.2, -0.15) is 0 Å². The number of ether oxygens (including phenoxy) is 1. The Morgan fingerprint density at radius 3 is 2.55 bits per heavy atom. The van der Waals surface area contributed by atoms with Crippen LogP contribution in [0.15, 0.2) is 59.1 Å². The van der Waals surface area contributed by atoms with Gasteiger partial charge in [-0.15, -0.1) is 0 Å². The van der Waals surface area contributed by atoms with Crippen molar-refractivity contribution in [1.82, 2.24) is 4.90 Å². The molecule has 116 valence electrons. The van der Waals surface area contributed by atoms with E-state index in [0.29, 0.717) is 13.2 Å². The van der Waals surface area contributed by atoms with Crippen LogP contribution >= 0.6 is 15.9 Å². The summed E-state index contributed by atoms with van der Waals surface area (Å²) in [5, 5.41) is 10.8. The molecular weight excluding hydrogens is 342 g/mol. The topological polar surface area (TPSA) is 32.7 Å². The summed E-state index contributed by atoms with van der Waals surface area (Å²) in [7, 11) is 0. The van der Waals surface area contributed by atoms with Crippen molar-refractivity contribution >= 4 is 15.9 Å². The molecule has 0 bridgehead atoms. The predicted octanol–water partition coefficient (Wildman–Crippen LogP) is 3.17. The Balaban J connectivity index is 1.64. The number of rotatable bonds is 4. The molecule has 4 heteroatoms. The Kier molecular flexibility index (Phi) is 4.93. The SMILES string of the molecule is OC1(c2ccc(Br)cc2)CN(CCc2ccccc2)CCO1. The number of benzene rings is 2. The third-order valence-corrected chi connectivity index (χ3v) is 4.57. The van der Waals surface area contributed by atoms with Crippen LogP contribution in [0.25, 0.3) is 0 Å². The average molecular weight is 362 g/mol. The van der Waals surface area contributed by atoms with E-state index in [1.54, 1.807) is 0 Å². The van der Waals surface area contributed by atoms with Crippen LogP contribution in [-0.2, 0) is 16.9 Å². The second-order valence-corrected chi connectivity index (χ2v) is 6.57. The summed E-state index contributed by atoms with van der Waals surface area (Å²) in [6.45, 7) is 2.82. The first kappa shape index (κ1) is 15.7. The van der Waals surface area contributed by atoms with Gasteiger partial charge in [-0.1, -0.05) is 58.4 Å². The lowest BCUT2D eigenvalue weighted by Gasteiger charge is -2.39. The quantitative estimate of drug-likeness (QED) is 0.907. The maximum Gasteiger partial charge on any atom is 0.205 e. The smallest absolute Gasteiger partial charge is 0.205 e. The second kappa shape index (κ2) is 6.92. The number of halogens is 1. The van der Waals surface area contributed by atoms with Crippen molar-refractivity contribution in [2.75, 3.05) is 26.2 Å². The molecule has 0 aliphatic carbocycles. The minimum Gasteiger partial charge on any atom is -0.361 e. The average Bonchev–Trinajstić information content (AvgIpc) is 2.54. The summed E-state index contributed by atoms with van der Waals surface area (Å²) < 4.78 is 6.67. The predicted molar refractivity (Wildman–Crippen MR) is 90.6 cm³/mol. The number of aliphatic hydroxyl groups is 1. The number of nitrogens with zero attached hydrogens (tertiary/aromatic N) is 1. The van der Waals surface area contributed by atoms with E-state index < -0.39 is 5.79 Å². The van der Waals surface area contributed by atoms with Gasteiger partial charge < -0.3 is 9.84 Å². The first-order chi connectivity index (χ1) is 10.7. The molecule has 1 saturated heterocycles. The highest BCUT2D eigenvalue weighted by molar-refractivity contribution is 9.10. The summed E-state index contributed by atoms with van der Waals surface area (Å²) in [6, 6.07) is 18.1. The van der Waals surface area contributed by atoms with Gasteiger partial charge in [-0.3, -0.25) is 4.90 Å². The summed E-state index contributed by atoms with van der Waals surface area (Å²) >= 11 is 3.42. The van der Waals surface area contributed by atoms with Crippen molar-refractivity contribution in [3.05, 3.63) is 70.2 Å². The highest BCUT2D eigenvalue weighted by atomic mass is 79.9. The molecule has 1 unspecified atom stereocenters. The highest BCUT2D eigenvalue weighted by Crippen LogP contribution is 2.28. The van der Waals surface area contributed by atoms with Crippen LogP contribution in [0, 0.1) is 0 Å². The van der Waals surface area contributed by atoms with Crippen LogP contribution in [0.1, 0.15) is 11.1 Å². The van der Waals surface area contributed by atoms with Gasteiger partial charge >= 0.3 is 0 Å². The van der Waals surface area contributed by atoms with E-state index in [2.05, 4.69) is 45.1 Å². The number of morpholine rings is 1. The zero-order chi connectivity index (χ0) is 15.4. The molecule has 3 nitrogen and oxygen atoms in total. The van der Waals surface area contributed by atoms with Gasteiger partial charge in [0.15, 0.2) is 0 Å². The van der Waals surface area contributed by atoms with E-state index >= 15 is 0 Å². The minimum absolute atomic E-state index is 0.501. The van der Waals surface area contributed by atoms with Crippen molar-refractivity contribution in [3.63, 3.8) is 0 Å². The van der Waals surface area contributed by atoms with Crippen LogP contribution in [0.4, 0.5) is 0 Å². The molecule has 2 aromatic rings. The molecule has 1 fully saturated rings.